The van der Waals surface area contributed by atoms with E-state index >= 15 is 0 Å². The SMILES string of the molecule is CCCCCCCCCCCCC(C)(C)C(C)C. The fourth-order valence-corrected chi connectivity index (χ4v) is 2.36. The van der Waals surface area contributed by atoms with Gasteiger partial charge in [0.15, 0.2) is 0 Å². The summed E-state index contributed by atoms with van der Waals surface area (Å²) in [6.07, 6.45) is 15.9. The molecule has 0 aromatic heterocycles. The highest BCUT2D eigenvalue weighted by molar-refractivity contribution is 4.71. The molecule has 0 saturated carbocycles. The van der Waals surface area contributed by atoms with Crippen LogP contribution in [0.4, 0.5) is 0 Å². The Morgan fingerprint density at radius 3 is 1.44 bits per heavy atom. The van der Waals surface area contributed by atoms with Crippen molar-refractivity contribution in [3.05, 3.63) is 0 Å². The Morgan fingerprint density at radius 2 is 1.06 bits per heavy atom. The van der Waals surface area contributed by atoms with Gasteiger partial charge in [-0.3, -0.25) is 0 Å². The molecule has 0 N–H and O–H groups in total. The van der Waals surface area contributed by atoms with Gasteiger partial charge in [-0.15, -0.1) is 0 Å². The molecule has 0 radical (unpaired) electrons. The van der Waals surface area contributed by atoms with Gasteiger partial charge in [0.25, 0.3) is 0 Å². The van der Waals surface area contributed by atoms with Crippen LogP contribution in [0.15, 0.2) is 0 Å². The maximum atomic E-state index is 2.42. The van der Waals surface area contributed by atoms with Crippen molar-refractivity contribution < 1.29 is 0 Å². The fourth-order valence-electron chi connectivity index (χ4n) is 2.36. The van der Waals surface area contributed by atoms with Crippen molar-refractivity contribution in [3.63, 3.8) is 0 Å². The maximum absolute atomic E-state index is 2.42. The smallest absolute Gasteiger partial charge is 0.0331 e. The molecule has 0 amide bonds. The quantitative estimate of drug-likeness (QED) is 0.329. The summed E-state index contributed by atoms with van der Waals surface area (Å²) in [4.78, 5) is 0. The molecular formula is C18H38. The summed E-state index contributed by atoms with van der Waals surface area (Å²) in [5.74, 6) is 0.816. The molecule has 0 rings (SSSR count). The van der Waals surface area contributed by atoms with Gasteiger partial charge < -0.3 is 0 Å². The average Bonchev–Trinajstić information content (AvgIpc) is 2.31. The molecule has 0 atom stereocenters. The first-order valence-corrected chi connectivity index (χ1v) is 8.50. The van der Waals surface area contributed by atoms with Gasteiger partial charge >= 0.3 is 0 Å². The molecule has 0 aromatic carbocycles. The third-order valence-corrected chi connectivity index (χ3v) is 4.74. The second kappa shape index (κ2) is 10.9. The topological polar surface area (TPSA) is 0 Å². The van der Waals surface area contributed by atoms with Gasteiger partial charge in [-0.25, -0.2) is 0 Å². The van der Waals surface area contributed by atoms with Crippen molar-refractivity contribution in [2.45, 2.75) is 105 Å². The van der Waals surface area contributed by atoms with E-state index in [0.29, 0.717) is 5.41 Å². The minimum atomic E-state index is 0.542. The van der Waals surface area contributed by atoms with Gasteiger partial charge in [0.1, 0.15) is 0 Å². The number of hydrogen-bond donors (Lipinski definition) is 0. The molecule has 0 nitrogen and oxygen atoms in total. The molecule has 18 heavy (non-hydrogen) atoms. The van der Waals surface area contributed by atoms with Crippen molar-refractivity contribution in [2.75, 3.05) is 0 Å². The van der Waals surface area contributed by atoms with E-state index in [1.54, 1.807) is 0 Å². The molecule has 0 heterocycles. The third-order valence-electron chi connectivity index (χ3n) is 4.74. The summed E-state index contributed by atoms with van der Waals surface area (Å²) >= 11 is 0. The van der Waals surface area contributed by atoms with E-state index in [0.717, 1.165) is 5.92 Å². The van der Waals surface area contributed by atoms with Crippen LogP contribution < -0.4 is 0 Å². The first kappa shape index (κ1) is 18.0. The highest BCUT2D eigenvalue weighted by Gasteiger charge is 2.20. The molecule has 0 aliphatic carbocycles. The predicted octanol–water partition coefficient (Wildman–Crippen LogP) is 6.98. The average molecular weight is 255 g/mol. The monoisotopic (exact) mass is 254 g/mol. The molecule has 0 saturated heterocycles. The van der Waals surface area contributed by atoms with Crippen LogP contribution in [0.3, 0.4) is 0 Å². The summed E-state index contributed by atoms with van der Waals surface area (Å²) < 4.78 is 0. The Kier molecular flexibility index (Phi) is 10.9. The van der Waals surface area contributed by atoms with E-state index < -0.39 is 0 Å². The number of unbranched alkanes of at least 4 members (excludes halogenated alkanes) is 9. The van der Waals surface area contributed by atoms with Gasteiger partial charge in [0, 0.05) is 0 Å². The summed E-state index contributed by atoms with van der Waals surface area (Å²) in [6.45, 7) is 11.8. The Labute approximate surface area is 117 Å². The fraction of sp³-hybridized carbons (Fsp3) is 1.00. The number of hydrogen-bond acceptors (Lipinski definition) is 0. The maximum Gasteiger partial charge on any atom is -0.0331 e. The lowest BCUT2D eigenvalue weighted by Crippen LogP contribution is -2.18. The van der Waals surface area contributed by atoms with Gasteiger partial charge in [0.05, 0.1) is 0 Å². The summed E-state index contributed by atoms with van der Waals surface area (Å²) in [7, 11) is 0. The van der Waals surface area contributed by atoms with Gasteiger partial charge in [-0.2, -0.15) is 0 Å². The molecule has 0 fully saturated rings. The van der Waals surface area contributed by atoms with Crippen LogP contribution in [0.25, 0.3) is 0 Å². The molecule has 0 heteroatoms. The van der Waals surface area contributed by atoms with Gasteiger partial charge in [-0.05, 0) is 17.8 Å². The van der Waals surface area contributed by atoms with Gasteiger partial charge in [-0.1, -0.05) is 98.8 Å². The second-order valence-electron chi connectivity index (χ2n) is 7.08. The second-order valence-corrected chi connectivity index (χ2v) is 7.08. The molecule has 0 unspecified atom stereocenters. The predicted molar refractivity (Wildman–Crippen MR) is 85.1 cm³/mol. The Balaban J connectivity index is 3.21. The van der Waals surface area contributed by atoms with E-state index in [1.807, 2.05) is 0 Å². The van der Waals surface area contributed by atoms with Gasteiger partial charge in [0.2, 0.25) is 0 Å². The largest absolute Gasteiger partial charge is 0.0654 e. The standard InChI is InChI=1S/C18H38/c1-6-7-8-9-10-11-12-13-14-15-16-18(4,5)17(2)3/h17H,6-16H2,1-5H3. The molecular weight excluding hydrogens is 216 g/mol. The molecule has 110 valence electrons. The van der Waals surface area contributed by atoms with Crippen LogP contribution in [0.1, 0.15) is 105 Å². The van der Waals surface area contributed by atoms with Crippen molar-refractivity contribution in [1.29, 1.82) is 0 Å². The zero-order valence-corrected chi connectivity index (χ0v) is 13.9. The van der Waals surface area contributed by atoms with Crippen molar-refractivity contribution in [2.24, 2.45) is 11.3 Å². The molecule has 0 aliphatic rings. The molecule has 0 bridgehead atoms. The Morgan fingerprint density at radius 1 is 0.667 bits per heavy atom. The first-order valence-electron chi connectivity index (χ1n) is 8.50. The van der Waals surface area contributed by atoms with Crippen molar-refractivity contribution in [1.82, 2.24) is 0 Å². The number of rotatable bonds is 12. The van der Waals surface area contributed by atoms with Crippen molar-refractivity contribution >= 4 is 0 Å². The zero-order chi connectivity index (χ0) is 13.9. The lowest BCUT2D eigenvalue weighted by Gasteiger charge is -2.29. The first-order chi connectivity index (χ1) is 8.50. The van der Waals surface area contributed by atoms with Crippen LogP contribution in [0.5, 0.6) is 0 Å². The van der Waals surface area contributed by atoms with Crippen LogP contribution in [0, 0.1) is 11.3 Å². The molecule has 0 aromatic rings. The minimum Gasteiger partial charge on any atom is -0.0654 e. The van der Waals surface area contributed by atoms with E-state index in [-0.39, 0.29) is 0 Å². The van der Waals surface area contributed by atoms with Crippen molar-refractivity contribution in [3.8, 4) is 0 Å². The van der Waals surface area contributed by atoms with Crippen LogP contribution in [0.2, 0.25) is 0 Å². The summed E-state index contributed by atoms with van der Waals surface area (Å²) in [6, 6.07) is 0. The summed E-state index contributed by atoms with van der Waals surface area (Å²) in [5, 5.41) is 0. The van der Waals surface area contributed by atoms with E-state index in [1.165, 1.54) is 70.6 Å². The van der Waals surface area contributed by atoms with Crippen LogP contribution in [-0.4, -0.2) is 0 Å². The lowest BCUT2D eigenvalue weighted by molar-refractivity contribution is 0.221. The molecule has 0 aliphatic heterocycles. The van der Waals surface area contributed by atoms with E-state index in [4.69, 9.17) is 0 Å². The Hall–Kier alpha value is 0. The molecule has 0 spiro atoms. The zero-order valence-electron chi connectivity index (χ0n) is 13.9. The summed E-state index contributed by atoms with van der Waals surface area (Å²) in [5.41, 5.74) is 0.542. The normalized spacial score (nSPS) is 12.3. The lowest BCUT2D eigenvalue weighted by atomic mass is 9.77. The van der Waals surface area contributed by atoms with Crippen LogP contribution in [-0.2, 0) is 0 Å². The van der Waals surface area contributed by atoms with Crippen LogP contribution >= 0.6 is 0 Å². The van der Waals surface area contributed by atoms with E-state index in [9.17, 15) is 0 Å². The minimum absolute atomic E-state index is 0.542. The highest BCUT2D eigenvalue weighted by Crippen LogP contribution is 2.32. The Bertz CT molecular complexity index is 167. The highest BCUT2D eigenvalue weighted by atomic mass is 14.3. The van der Waals surface area contributed by atoms with E-state index in [2.05, 4.69) is 34.6 Å². The third kappa shape index (κ3) is 9.97.